The summed E-state index contributed by atoms with van der Waals surface area (Å²) in [5.74, 6) is 0.300. The van der Waals surface area contributed by atoms with Gasteiger partial charge in [-0.3, -0.25) is 14.9 Å². The van der Waals surface area contributed by atoms with Crippen LogP contribution < -0.4 is 10.2 Å². The van der Waals surface area contributed by atoms with Crippen LogP contribution in [0.2, 0.25) is 0 Å². The smallest absolute Gasteiger partial charge is 0.271 e. The van der Waals surface area contributed by atoms with Crippen LogP contribution in [-0.2, 0) is 0 Å². The van der Waals surface area contributed by atoms with E-state index in [2.05, 4.69) is 33.1 Å². The van der Waals surface area contributed by atoms with Gasteiger partial charge in [-0.05, 0) is 40.8 Å². The van der Waals surface area contributed by atoms with Gasteiger partial charge in [-0.2, -0.15) is 5.10 Å². The number of non-ortho nitro benzene ring substituents is 1. The second-order valence-corrected chi connectivity index (χ2v) is 5.56. The molecule has 7 nitrogen and oxygen atoms in total. The predicted octanol–water partition coefficient (Wildman–Crippen LogP) is 2.97. The fourth-order valence-corrected chi connectivity index (χ4v) is 2.49. The van der Waals surface area contributed by atoms with Crippen molar-refractivity contribution in [3.63, 3.8) is 0 Å². The molecule has 0 radical (unpaired) electrons. The number of nitrogens with zero attached hydrogens (tertiary/aromatic N) is 2. The summed E-state index contributed by atoms with van der Waals surface area (Å²) in [6.07, 6.45) is 1.35. The van der Waals surface area contributed by atoms with Crippen molar-refractivity contribution >= 4 is 40.4 Å². The van der Waals surface area contributed by atoms with E-state index in [1.165, 1.54) is 18.3 Å². The van der Waals surface area contributed by atoms with Gasteiger partial charge in [-0.1, -0.05) is 12.1 Å². The molecule has 118 valence electrons. The summed E-state index contributed by atoms with van der Waals surface area (Å²) in [5, 5.41) is 14.5. The van der Waals surface area contributed by atoms with E-state index in [1.54, 1.807) is 37.4 Å². The van der Waals surface area contributed by atoms with Crippen LogP contribution in [0.25, 0.3) is 0 Å². The Labute approximate surface area is 145 Å². The van der Waals surface area contributed by atoms with E-state index in [0.717, 1.165) is 3.57 Å². The van der Waals surface area contributed by atoms with Crippen molar-refractivity contribution in [3.05, 3.63) is 67.3 Å². The molecule has 2 rings (SSSR count). The van der Waals surface area contributed by atoms with Crippen LogP contribution in [0.4, 0.5) is 5.69 Å². The molecule has 0 aromatic heterocycles. The van der Waals surface area contributed by atoms with Gasteiger partial charge in [-0.15, -0.1) is 0 Å². The lowest BCUT2D eigenvalue weighted by molar-refractivity contribution is -0.384. The minimum Gasteiger partial charge on any atom is -0.496 e. The molecule has 2 aromatic carbocycles. The summed E-state index contributed by atoms with van der Waals surface area (Å²) in [7, 11) is 1.56. The van der Waals surface area contributed by atoms with E-state index in [-0.39, 0.29) is 11.6 Å². The van der Waals surface area contributed by atoms with Crippen LogP contribution in [0.1, 0.15) is 15.9 Å². The van der Waals surface area contributed by atoms with Crippen molar-refractivity contribution < 1.29 is 14.5 Å². The van der Waals surface area contributed by atoms with Gasteiger partial charge in [0.2, 0.25) is 0 Å². The zero-order chi connectivity index (χ0) is 16.8. The minimum absolute atomic E-state index is 0.0371. The number of hydrogen-bond donors (Lipinski definition) is 1. The van der Waals surface area contributed by atoms with E-state index in [0.29, 0.717) is 16.9 Å². The van der Waals surface area contributed by atoms with Gasteiger partial charge >= 0.3 is 0 Å². The molecule has 2 aromatic rings. The fraction of sp³-hybridized carbons (Fsp3) is 0.0667. The lowest BCUT2D eigenvalue weighted by Gasteiger charge is -2.05. The molecule has 23 heavy (non-hydrogen) atoms. The molecular formula is C15H12IN3O4. The third kappa shape index (κ3) is 4.49. The first-order valence-corrected chi connectivity index (χ1v) is 7.50. The van der Waals surface area contributed by atoms with Crippen LogP contribution in [0.5, 0.6) is 5.75 Å². The van der Waals surface area contributed by atoms with Crippen molar-refractivity contribution in [2.24, 2.45) is 5.10 Å². The molecule has 0 saturated carbocycles. The second kappa shape index (κ2) is 7.68. The Morgan fingerprint density at radius 1 is 1.35 bits per heavy atom. The Kier molecular flexibility index (Phi) is 5.63. The van der Waals surface area contributed by atoms with Crippen molar-refractivity contribution in [2.75, 3.05) is 7.11 Å². The van der Waals surface area contributed by atoms with E-state index in [4.69, 9.17) is 4.74 Å². The zero-order valence-electron chi connectivity index (χ0n) is 12.0. The van der Waals surface area contributed by atoms with Gasteiger partial charge in [0.05, 0.1) is 21.8 Å². The number of carbonyl (C=O) groups is 1. The number of benzene rings is 2. The van der Waals surface area contributed by atoms with Crippen LogP contribution in [0, 0.1) is 13.7 Å². The van der Waals surface area contributed by atoms with Gasteiger partial charge in [0.15, 0.2) is 0 Å². The Hall–Kier alpha value is -2.49. The predicted molar refractivity (Wildman–Crippen MR) is 93.9 cm³/mol. The Morgan fingerprint density at radius 3 is 2.78 bits per heavy atom. The number of nitro groups is 1. The van der Waals surface area contributed by atoms with Crippen molar-refractivity contribution in [3.8, 4) is 5.75 Å². The third-order valence-corrected chi connectivity index (χ3v) is 3.72. The number of nitrogens with one attached hydrogen (secondary N) is 1. The number of ether oxygens (including phenoxy) is 1. The molecule has 0 saturated heterocycles. The first-order valence-electron chi connectivity index (χ1n) is 6.42. The van der Waals surface area contributed by atoms with Crippen molar-refractivity contribution in [2.45, 2.75) is 0 Å². The standard InChI is InChI=1S/C15H12IN3O4/c1-23-14-6-5-11(8-13(14)16)15(20)18-17-9-10-3-2-4-12(7-10)19(21)22/h2-9H,1H3,(H,18,20)/b17-9+. The SMILES string of the molecule is COc1ccc(C(=O)N/N=C/c2cccc([N+](=O)[O-])c2)cc1I. The molecule has 0 bridgehead atoms. The maximum absolute atomic E-state index is 12.0. The third-order valence-electron chi connectivity index (χ3n) is 2.87. The molecule has 0 aliphatic rings. The number of rotatable bonds is 5. The lowest BCUT2D eigenvalue weighted by atomic mass is 10.2. The van der Waals surface area contributed by atoms with E-state index < -0.39 is 4.92 Å². The molecule has 1 N–H and O–H groups in total. The Balaban J connectivity index is 2.05. The molecule has 1 amide bonds. The molecule has 0 aliphatic carbocycles. The van der Waals surface area contributed by atoms with Crippen molar-refractivity contribution in [1.29, 1.82) is 0 Å². The average molecular weight is 425 g/mol. The molecule has 0 heterocycles. The summed E-state index contributed by atoms with van der Waals surface area (Å²) in [4.78, 5) is 22.2. The number of hydrogen-bond acceptors (Lipinski definition) is 5. The molecule has 0 fully saturated rings. The highest BCUT2D eigenvalue weighted by atomic mass is 127. The van der Waals surface area contributed by atoms with E-state index in [9.17, 15) is 14.9 Å². The number of nitro benzene ring substituents is 1. The van der Waals surface area contributed by atoms with Crippen LogP contribution in [0.15, 0.2) is 47.6 Å². The summed E-state index contributed by atoms with van der Waals surface area (Å²) in [6, 6.07) is 10.9. The van der Waals surface area contributed by atoms with Crippen LogP contribution in [0.3, 0.4) is 0 Å². The molecule has 8 heteroatoms. The monoisotopic (exact) mass is 425 g/mol. The molecule has 0 aliphatic heterocycles. The quantitative estimate of drug-likeness (QED) is 0.345. The Bertz CT molecular complexity index is 777. The number of carbonyl (C=O) groups excluding carboxylic acids is 1. The number of halogens is 1. The molecule has 0 spiro atoms. The highest BCUT2D eigenvalue weighted by molar-refractivity contribution is 14.1. The summed E-state index contributed by atoms with van der Waals surface area (Å²) in [5.41, 5.74) is 3.29. The first kappa shape index (κ1) is 16.9. The number of hydrazone groups is 1. The largest absolute Gasteiger partial charge is 0.496 e. The average Bonchev–Trinajstić information content (AvgIpc) is 2.55. The second-order valence-electron chi connectivity index (χ2n) is 4.40. The maximum Gasteiger partial charge on any atom is 0.271 e. The van der Waals surface area contributed by atoms with E-state index >= 15 is 0 Å². The zero-order valence-corrected chi connectivity index (χ0v) is 14.2. The molecular weight excluding hydrogens is 413 g/mol. The summed E-state index contributed by atoms with van der Waals surface area (Å²) in [6.45, 7) is 0. The minimum atomic E-state index is -0.491. The first-order chi connectivity index (χ1) is 11.0. The van der Waals surface area contributed by atoms with Gasteiger partial charge < -0.3 is 4.74 Å². The lowest BCUT2D eigenvalue weighted by Crippen LogP contribution is -2.17. The van der Waals surface area contributed by atoms with Crippen molar-refractivity contribution in [1.82, 2.24) is 5.43 Å². The highest BCUT2D eigenvalue weighted by Gasteiger charge is 2.08. The summed E-state index contributed by atoms with van der Waals surface area (Å²) < 4.78 is 5.93. The number of methoxy groups -OCH3 is 1. The van der Waals surface area contributed by atoms with Gasteiger partial charge in [0.1, 0.15) is 5.75 Å². The van der Waals surface area contributed by atoms with Crippen LogP contribution >= 0.6 is 22.6 Å². The number of amides is 1. The van der Waals surface area contributed by atoms with Gasteiger partial charge in [0.25, 0.3) is 11.6 Å². The maximum atomic E-state index is 12.0. The normalized spacial score (nSPS) is 10.5. The van der Waals surface area contributed by atoms with Gasteiger partial charge in [-0.25, -0.2) is 5.43 Å². The van der Waals surface area contributed by atoms with E-state index in [1.807, 2.05) is 0 Å². The molecule has 0 atom stereocenters. The molecule has 0 unspecified atom stereocenters. The van der Waals surface area contributed by atoms with Crippen LogP contribution in [-0.4, -0.2) is 24.2 Å². The summed E-state index contributed by atoms with van der Waals surface area (Å²) >= 11 is 2.07. The Morgan fingerprint density at radius 2 is 2.13 bits per heavy atom. The van der Waals surface area contributed by atoms with Gasteiger partial charge in [0, 0.05) is 23.3 Å². The topological polar surface area (TPSA) is 93.8 Å². The highest BCUT2D eigenvalue weighted by Crippen LogP contribution is 2.21. The fourth-order valence-electron chi connectivity index (χ4n) is 1.76.